The third-order valence-corrected chi connectivity index (χ3v) is 3.45. The highest BCUT2D eigenvalue weighted by Crippen LogP contribution is 2.10. The Labute approximate surface area is 159 Å². The Morgan fingerprint density at radius 1 is 1.07 bits per heavy atom. The van der Waals surface area contributed by atoms with E-state index in [-0.39, 0.29) is 12.3 Å². The molecule has 0 aliphatic carbocycles. The van der Waals surface area contributed by atoms with Crippen LogP contribution >= 0.6 is 0 Å². The second-order valence-corrected chi connectivity index (χ2v) is 7.55. The number of unbranched alkanes of at least 4 members (excludes halogenated alkanes) is 1. The number of carbonyl (C=O) groups is 4. The van der Waals surface area contributed by atoms with Gasteiger partial charge < -0.3 is 31.5 Å². The Bertz CT molecular complexity index is 530. The summed E-state index contributed by atoms with van der Waals surface area (Å²) in [6.07, 6.45) is 0.412. The molecule has 0 unspecified atom stereocenters. The molecule has 0 rings (SSSR count). The van der Waals surface area contributed by atoms with Gasteiger partial charge in [0.05, 0.1) is 0 Å². The topological polar surface area (TPSA) is 160 Å². The summed E-state index contributed by atoms with van der Waals surface area (Å²) in [5, 5.41) is 16.6. The average molecular weight is 388 g/mol. The number of aliphatic carboxylic acids is 1. The molecule has 0 fully saturated rings. The second-order valence-electron chi connectivity index (χ2n) is 7.55. The standard InChI is InChI=1S/C17H32N4O6/c1-10(2)12(21-16(26)27-17(3,4)5)13(22)20-11(14(23)24)8-6-7-9-19-15(18)25/h10-12H,6-9H2,1-5H3,(H,20,22)(H,21,26)(H,23,24)(H3,18,19,25)/t11-,12-/m0/s1. The average Bonchev–Trinajstić information content (AvgIpc) is 2.48. The lowest BCUT2D eigenvalue weighted by atomic mass is 10.0. The lowest BCUT2D eigenvalue weighted by molar-refractivity contribution is -0.142. The van der Waals surface area contributed by atoms with Crippen LogP contribution in [0.1, 0.15) is 53.9 Å². The molecule has 156 valence electrons. The number of nitrogens with two attached hydrogens (primary N) is 1. The van der Waals surface area contributed by atoms with Gasteiger partial charge in [-0.1, -0.05) is 13.8 Å². The van der Waals surface area contributed by atoms with E-state index in [1.807, 2.05) is 0 Å². The first-order valence-electron chi connectivity index (χ1n) is 8.89. The van der Waals surface area contributed by atoms with Crippen molar-refractivity contribution in [3.05, 3.63) is 0 Å². The molecule has 0 aromatic rings. The molecule has 0 saturated carbocycles. The normalized spacial score (nSPS) is 13.4. The lowest BCUT2D eigenvalue weighted by Crippen LogP contribution is -2.54. The van der Waals surface area contributed by atoms with E-state index < -0.39 is 41.7 Å². The number of hydrogen-bond acceptors (Lipinski definition) is 5. The summed E-state index contributed by atoms with van der Waals surface area (Å²) >= 11 is 0. The van der Waals surface area contributed by atoms with Crippen LogP contribution in [0.4, 0.5) is 9.59 Å². The lowest BCUT2D eigenvalue weighted by Gasteiger charge is -2.26. The summed E-state index contributed by atoms with van der Waals surface area (Å²) in [5.41, 5.74) is 4.22. The van der Waals surface area contributed by atoms with Crippen molar-refractivity contribution in [1.82, 2.24) is 16.0 Å². The van der Waals surface area contributed by atoms with Crippen LogP contribution in [0.5, 0.6) is 0 Å². The third-order valence-electron chi connectivity index (χ3n) is 3.45. The number of carboxylic acids is 1. The first-order chi connectivity index (χ1) is 12.3. The van der Waals surface area contributed by atoms with Crippen LogP contribution in [-0.2, 0) is 14.3 Å². The van der Waals surface area contributed by atoms with Crippen LogP contribution in [0.25, 0.3) is 0 Å². The van der Waals surface area contributed by atoms with E-state index in [9.17, 15) is 24.3 Å². The van der Waals surface area contributed by atoms with E-state index in [4.69, 9.17) is 10.5 Å². The van der Waals surface area contributed by atoms with Gasteiger partial charge in [0.15, 0.2) is 0 Å². The number of rotatable bonds is 10. The van der Waals surface area contributed by atoms with Gasteiger partial charge in [-0.25, -0.2) is 14.4 Å². The van der Waals surface area contributed by atoms with Gasteiger partial charge >= 0.3 is 18.1 Å². The molecular formula is C17H32N4O6. The van der Waals surface area contributed by atoms with E-state index in [1.165, 1.54) is 0 Å². The Morgan fingerprint density at radius 2 is 1.67 bits per heavy atom. The molecule has 0 aromatic carbocycles. The van der Waals surface area contributed by atoms with Crippen molar-refractivity contribution in [1.29, 1.82) is 0 Å². The largest absolute Gasteiger partial charge is 0.480 e. The van der Waals surface area contributed by atoms with Crippen LogP contribution in [0.2, 0.25) is 0 Å². The van der Waals surface area contributed by atoms with Crippen molar-refractivity contribution in [2.45, 2.75) is 71.6 Å². The number of urea groups is 1. The quantitative estimate of drug-likeness (QED) is 0.350. The molecule has 0 spiro atoms. The highest BCUT2D eigenvalue weighted by molar-refractivity contribution is 5.89. The molecule has 0 aliphatic heterocycles. The third kappa shape index (κ3) is 11.7. The van der Waals surface area contributed by atoms with Crippen molar-refractivity contribution in [2.24, 2.45) is 11.7 Å². The minimum absolute atomic E-state index is 0.179. The predicted molar refractivity (Wildman–Crippen MR) is 99.0 cm³/mol. The Morgan fingerprint density at radius 3 is 2.11 bits per heavy atom. The minimum atomic E-state index is -1.18. The van der Waals surface area contributed by atoms with Crippen LogP contribution in [-0.4, -0.2) is 53.3 Å². The van der Waals surface area contributed by atoms with Gasteiger partial charge in [0.1, 0.15) is 17.7 Å². The maximum Gasteiger partial charge on any atom is 0.408 e. The fourth-order valence-electron chi connectivity index (χ4n) is 2.17. The Kier molecular flexibility index (Phi) is 10.2. The monoisotopic (exact) mass is 388 g/mol. The van der Waals surface area contributed by atoms with Crippen molar-refractivity contribution in [2.75, 3.05) is 6.54 Å². The number of carboxylic acid groups (broad SMARTS) is 1. The zero-order valence-electron chi connectivity index (χ0n) is 16.6. The summed E-state index contributed by atoms with van der Waals surface area (Å²) < 4.78 is 5.14. The SMILES string of the molecule is CC(C)[C@H](NC(=O)OC(C)(C)C)C(=O)N[C@@H](CCCCNC(N)=O)C(=O)O. The molecule has 0 radical (unpaired) electrons. The molecule has 0 heterocycles. The van der Waals surface area contributed by atoms with Gasteiger partial charge in [-0.05, 0) is 46.0 Å². The molecule has 10 heteroatoms. The first-order valence-corrected chi connectivity index (χ1v) is 8.89. The Hall–Kier alpha value is -2.52. The van der Waals surface area contributed by atoms with Crippen LogP contribution in [0.3, 0.4) is 0 Å². The highest BCUT2D eigenvalue weighted by atomic mass is 16.6. The number of carbonyl (C=O) groups excluding carboxylic acids is 3. The molecule has 4 amide bonds. The van der Waals surface area contributed by atoms with Gasteiger partial charge in [0.2, 0.25) is 5.91 Å². The van der Waals surface area contributed by atoms with Crippen molar-refractivity contribution in [3.63, 3.8) is 0 Å². The predicted octanol–water partition coefficient (Wildman–Crippen LogP) is 0.944. The fourth-order valence-corrected chi connectivity index (χ4v) is 2.17. The summed E-state index contributed by atoms with van der Waals surface area (Å²) in [5.74, 6) is -2.05. The van der Waals surface area contributed by atoms with E-state index in [0.717, 1.165) is 0 Å². The summed E-state index contributed by atoms with van der Waals surface area (Å²) in [6, 6.07) is -2.68. The number of hydrogen-bond donors (Lipinski definition) is 5. The molecular weight excluding hydrogens is 356 g/mol. The number of alkyl carbamates (subject to hydrolysis) is 1. The molecule has 0 aromatic heterocycles. The number of primary amides is 1. The Balaban J connectivity index is 4.73. The van der Waals surface area contributed by atoms with E-state index in [1.54, 1.807) is 34.6 Å². The molecule has 0 bridgehead atoms. The molecule has 10 nitrogen and oxygen atoms in total. The maximum atomic E-state index is 12.5. The van der Waals surface area contributed by atoms with Crippen molar-refractivity contribution in [3.8, 4) is 0 Å². The maximum absolute atomic E-state index is 12.5. The van der Waals surface area contributed by atoms with E-state index in [0.29, 0.717) is 19.4 Å². The summed E-state index contributed by atoms with van der Waals surface area (Å²) in [7, 11) is 0. The molecule has 0 saturated heterocycles. The zero-order chi connectivity index (χ0) is 21.2. The van der Waals surface area contributed by atoms with Gasteiger partial charge in [0.25, 0.3) is 0 Å². The van der Waals surface area contributed by atoms with Crippen LogP contribution in [0.15, 0.2) is 0 Å². The van der Waals surface area contributed by atoms with Crippen molar-refractivity contribution >= 4 is 24.0 Å². The summed E-state index contributed by atoms with van der Waals surface area (Å²) in [4.78, 5) is 46.4. The number of amides is 4. The fraction of sp³-hybridized carbons (Fsp3) is 0.765. The smallest absolute Gasteiger partial charge is 0.408 e. The van der Waals surface area contributed by atoms with Gasteiger partial charge in [0, 0.05) is 6.54 Å². The van der Waals surface area contributed by atoms with Crippen molar-refractivity contribution < 1.29 is 29.0 Å². The second kappa shape index (κ2) is 11.2. The van der Waals surface area contributed by atoms with E-state index >= 15 is 0 Å². The zero-order valence-corrected chi connectivity index (χ0v) is 16.6. The molecule has 2 atom stereocenters. The van der Waals surface area contributed by atoms with Gasteiger partial charge in [-0.15, -0.1) is 0 Å². The number of nitrogens with one attached hydrogen (secondary N) is 3. The van der Waals surface area contributed by atoms with Gasteiger partial charge in [-0.3, -0.25) is 4.79 Å². The molecule has 0 aliphatic rings. The van der Waals surface area contributed by atoms with Gasteiger partial charge in [-0.2, -0.15) is 0 Å². The molecule has 27 heavy (non-hydrogen) atoms. The number of ether oxygens (including phenoxy) is 1. The van der Waals surface area contributed by atoms with Crippen LogP contribution < -0.4 is 21.7 Å². The highest BCUT2D eigenvalue weighted by Gasteiger charge is 2.30. The van der Waals surface area contributed by atoms with Crippen LogP contribution in [0, 0.1) is 5.92 Å². The summed E-state index contributed by atoms with van der Waals surface area (Å²) in [6.45, 7) is 8.88. The molecule has 6 N–H and O–H groups in total. The minimum Gasteiger partial charge on any atom is -0.480 e. The first kappa shape index (κ1) is 24.5. The van der Waals surface area contributed by atoms with E-state index in [2.05, 4.69) is 16.0 Å².